The van der Waals surface area contributed by atoms with Crippen LogP contribution in [0.25, 0.3) is 11.2 Å². The number of fused-ring (bicyclic) bond motifs is 1. The Hall–Kier alpha value is -1.62. The van der Waals surface area contributed by atoms with Gasteiger partial charge in [-0.15, -0.1) is 0 Å². The SMILES string of the molecule is CCC[C@H]1O[C@@H](n2cnc3cnc(N)nc32)[C@@H](OC)C1OP(=O)(O)OC. The van der Waals surface area contributed by atoms with E-state index in [4.69, 9.17) is 19.7 Å². The summed E-state index contributed by atoms with van der Waals surface area (Å²) in [5.41, 5.74) is 6.69. The summed E-state index contributed by atoms with van der Waals surface area (Å²) in [5.74, 6) is 0.100. The van der Waals surface area contributed by atoms with Crippen molar-refractivity contribution < 1.29 is 28.0 Å². The van der Waals surface area contributed by atoms with E-state index in [9.17, 15) is 9.46 Å². The highest BCUT2D eigenvalue weighted by atomic mass is 31.2. The smallest absolute Gasteiger partial charge is 0.374 e. The molecule has 1 aliphatic rings. The van der Waals surface area contributed by atoms with Gasteiger partial charge in [-0.1, -0.05) is 13.3 Å². The van der Waals surface area contributed by atoms with Gasteiger partial charge < -0.3 is 20.1 Å². The molecular weight excluding hydrogens is 365 g/mol. The molecule has 0 aliphatic carbocycles. The van der Waals surface area contributed by atoms with Gasteiger partial charge in [0.2, 0.25) is 5.95 Å². The van der Waals surface area contributed by atoms with Gasteiger partial charge in [0.15, 0.2) is 11.9 Å². The Morgan fingerprint density at radius 2 is 2.15 bits per heavy atom. The minimum absolute atomic E-state index is 0.100. The number of ether oxygens (including phenoxy) is 2. The van der Waals surface area contributed by atoms with Crippen molar-refractivity contribution in [3.63, 3.8) is 0 Å². The zero-order chi connectivity index (χ0) is 18.9. The minimum Gasteiger partial charge on any atom is -0.374 e. The van der Waals surface area contributed by atoms with Crippen LogP contribution in [0, 0.1) is 0 Å². The molecule has 11 nitrogen and oxygen atoms in total. The number of phosphoric ester groups is 1. The van der Waals surface area contributed by atoms with Crippen LogP contribution in [0.4, 0.5) is 5.95 Å². The maximum absolute atomic E-state index is 11.9. The lowest BCUT2D eigenvalue weighted by molar-refractivity contribution is -0.0504. The van der Waals surface area contributed by atoms with Crippen LogP contribution in [-0.4, -0.2) is 56.9 Å². The van der Waals surface area contributed by atoms with Gasteiger partial charge in [-0.2, -0.15) is 4.98 Å². The van der Waals surface area contributed by atoms with E-state index < -0.39 is 32.4 Å². The first-order valence-electron chi connectivity index (χ1n) is 8.10. The molecule has 3 rings (SSSR count). The van der Waals surface area contributed by atoms with Crippen molar-refractivity contribution in [3.05, 3.63) is 12.5 Å². The normalized spacial score (nSPS) is 28.5. The molecule has 3 N–H and O–H groups in total. The van der Waals surface area contributed by atoms with Crippen molar-refractivity contribution in [3.8, 4) is 0 Å². The molecule has 0 bridgehead atoms. The van der Waals surface area contributed by atoms with E-state index in [2.05, 4.69) is 19.5 Å². The summed E-state index contributed by atoms with van der Waals surface area (Å²) in [7, 11) is -1.64. The van der Waals surface area contributed by atoms with Crippen molar-refractivity contribution in [2.45, 2.75) is 44.3 Å². The third kappa shape index (κ3) is 3.59. The van der Waals surface area contributed by atoms with Crippen molar-refractivity contribution in [1.82, 2.24) is 19.5 Å². The van der Waals surface area contributed by atoms with Crippen molar-refractivity contribution >= 4 is 24.9 Å². The first-order chi connectivity index (χ1) is 12.4. The van der Waals surface area contributed by atoms with E-state index in [1.165, 1.54) is 19.6 Å². The van der Waals surface area contributed by atoms with Crippen LogP contribution in [-0.2, 0) is 23.1 Å². The first kappa shape index (κ1) is 19.2. The van der Waals surface area contributed by atoms with E-state index in [1.54, 1.807) is 4.57 Å². The molecule has 0 aromatic carbocycles. The number of anilines is 1. The number of nitrogen functional groups attached to an aromatic ring is 1. The van der Waals surface area contributed by atoms with Gasteiger partial charge in [-0.05, 0) is 6.42 Å². The largest absolute Gasteiger partial charge is 0.472 e. The summed E-state index contributed by atoms with van der Waals surface area (Å²) >= 11 is 0. The Morgan fingerprint density at radius 1 is 1.38 bits per heavy atom. The molecule has 5 atom stereocenters. The Bertz CT molecular complexity index is 816. The quantitative estimate of drug-likeness (QED) is 0.666. The number of rotatable bonds is 7. The molecule has 0 radical (unpaired) electrons. The van der Waals surface area contributed by atoms with E-state index >= 15 is 0 Å². The molecule has 0 saturated carbocycles. The van der Waals surface area contributed by atoms with Gasteiger partial charge in [0.05, 0.1) is 18.6 Å². The van der Waals surface area contributed by atoms with E-state index in [0.29, 0.717) is 17.6 Å². The molecular formula is C14H22N5O6P. The first-order valence-corrected chi connectivity index (χ1v) is 9.60. The van der Waals surface area contributed by atoms with Gasteiger partial charge >= 0.3 is 7.82 Å². The van der Waals surface area contributed by atoms with Gasteiger partial charge in [0, 0.05) is 14.2 Å². The summed E-state index contributed by atoms with van der Waals surface area (Å²) in [5, 5.41) is 0. The Balaban J connectivity index is 1.98. The summed E-state index contributed by atoms with van der Waals surface area (Å²) in [6.45, 7) is 1.98. The monoisotopic (exact) mass is 387 g/mol. The third-order valence-corrected chi connectivity index (χ3v) is 5.20. The molecule has 2 unspecified atom stereocenters. The van der Waals surface area contributed by atoms with Gasteiger partial charge in [0.1, 0.15) is 17.7 Å². The second-order valence-electron chi connectivity index (χ2n) is 5.86. The van der Waals surface area contributed by atoms with Crippen molar-refractivity contribution in [2.75, 3.05) is 20.0 Å². The summed E-state index contributed by atoms with van der Waals surface area (Å²) in [6, 6.07) is 0. The van der Waals surface area contributed by atoms with Gasteiger partial charge in [0.25, 0.3) is 0 Å². The maximum Gasteiger partial charge on any atom is 0.472 e. The summed E-state index contributed by atoms with van der Waals surface area (Å²) in [6.07, 6.45) is 1.81. The fourth-order valence-electron chi connectivity index (χ4n) is 3.05. The average molecular weight is 387 g/mol. The van der Waals surface area contributed by atoms with Crippen molar-refractivity contribution in [1.29, 1.82) is 0 Å². The fourth-order valence-corrected chi connectivity index (χ4v) is 3.70. The average Bonchev–Trinajstić information content (AvgIpc) is 3.16. The fraction of sp³-hybridized carbons (Fsp3) is 0.643. The predicted octanol–water partition coefficient (Wildman–Crippen LogP) is 1.25. The number of nitrogens with zero attached hydrogens (tertiary/aromatic N) is 4. The van der Waals surface area contributed by atoms with Crippen LogP contribution in [0.5, 0.6) is 0 Å². The molecule has 1 saturated heterocycles. The number of methoxy groups -OCH3 is 1. The number of hydrogen-bond donors (Lipinski definition) is 2. The maximum atomic E-state index is 11.9. The molecule has 12 heteroatoms. The lowest BCUT2D eigenvalue weighted by Crippen LogP contribution is -2.35. The van der Waals surface area contributed by atoms with Crippen LogP contribution in [0.1, 0.15) is 26.0 Å². The van der Waals surface area contributed by atoms with Crippen LogP contribution >= 0.6 is 7.82 Å². The highest BCUT2D eigenvalue weighted by Crippen LogP contribution is 2.49. The topological polar surface area (TPSA) is 144 Å². The Labute approximate surface area is 150 Å². The van der Waals surface area contributed by atoms with Crippen LogP contribution < -0.4 is 5.73 Å². The van der Waals surface area contributed by atoms with E-state index in [-0.39, 0.29) is 5.95 Å². The Morgan fingerprint density at radius 3 is 2.81 bits per heavy atom. The van der Waals surface area contributed by atoms with Gasteiger partial charge in [-0.25, -0.2) is 14.5 Å². The number of imidazole rings is 1. The van der Waals surface area contributed by atoms with E-state index in [1.807, 2.05) is 6.92 Å². The van der Waals surface area contributed by atoms with Gasteiger partial charge in [-0.3, -0.25) is 13.6 Å². The molecule has 0 amide bonds. The Kier molecular flexibility index (Phi) is 5.56. The second kappa shape index (κ2) is 7.55. The van der Waals surface area contributed by atoms with Crippen LogP contribution in [0.15, 0.2) is 12.5 Å². The summed E-state index contributed by atoms with van der Waals surface area (Å²) in [4.78, 5) is 22.1. The highest BCUT2D eigenvalue weighted by molar-refractivity contribution is 7.47. The van der Waals surface area contributed by atoms with Crippen LogP contribution in [0.2, 0.25) is 0 Å². The number of phosphoric acid groups is 1. The molecule has 26 heavy (non-hydrogen) atoms. The summed E-state index contributed by atoms with van der Waals surface area (Å²) < 4.78 is 35.1. The number of hydrogen-bond acceptors (Lipinski definition) is 9. The zero-order valence-electron chi connectivity index (χ0n) is 14.7. The second-order valence-corrected chi connectivity index (χ2v) is 7.38. The standard InChI is InChI=1S/C14H22N5O6P/c1-4-5-9-10(25-26(20,21)23-3)11(22-2)13(24-9)19-7-17-8-6-16-14(15)18-12(8)19/h6-7,9-11,13H,4-5H2,1-3H3,(H,20,21)(H2,15,16,18)/t9-,10?,11+,13-/m1/s1. The van der Waals surface area contributed by atoms with Crippen molar-refractivity contribution in [2.24, 2.45) is 0 Å². The number of nitrogens with two attached hydrogens (primary N) is 1. The zero-order valence-corrected chi connectivity index (χ0v) is 15.6. The third-order valence-electron chi connectivity index (χ3n) is 4.23. The molecule has 144 valence electrons. The predicted molar refractivity (Wildman–Crippen MR) is 91.1 cm³/mol. The molecule has 0 spiro atoms. The highest BCUT2D eigenvalue weighted by Gasteiger charge is 2.49. The molecule has 2 aromatic rings. The lowest BCUT2D eigenvalue weighted by atomic mass is 10.1. The lowest BCUT2D eigenvalue weighted by Gasteiger charge is -2.24. The van der Waals surface area contributed by atoms with E-state index in [0.717, 1.165) is 13.5 Å². The number of aromatic nitrogens is 4. The molecule has 2 aromatic heterocycles. The molecule has 1 aliphatic heterocycles. The molecule has 3 heterocycles. The van der Waals surface area contributed by atoms with Crippen LogP contribution in [0.3, 0.4) is 0 Å². The molecule has 1 fully saturated rings. The minimum atomic E-state index is -4.22.